The maximum atomic E-state index is 5.95. The highest BCUT2D eigenvalue weighted by Gasteiger charge is 2.18. The molecule has 0 aliphatic rings. The standard InChI is InChI=1S/C18H19N5S/c1-10-5-6-14(24-10)12-9-13-15(11-7-8-23(4)16(11)12)17(22(2)3)21-18(19)20-13/h5-9H,1-4H3,(H2,19,20,21). The average molecular weight is 337 g/mol. The van der Waals surface area contributed by atoms with Crippen LogP contribution in [0.2, 0.25) is 0 Å². The minimum atomic E-state index is 0.301. The topological polar surface area (TPSA) is 60.0 Å². The summed E-state index contributed by atoms with van der Waals surface area (Å²) in [5.41, 5.74) is 9.21. The molecule has 24 heavy (non-hydrogen) atoms. The van der Waals surface area contributed by atoms with E-state index in [-0.39, 0.29) is 0 Å². The zero-order valence-corrected chi connectivity index (χ0v) is 15.0. The van der Waals surface area contributed by atoms with Gasteiger partial charge in [-0.2, -0.15) is 4.98 Å². The van der Waals surface area contributed by atoms with Gasteiger partial charge in [-0.05, 0) is 31.2 Å². The van der Waals surface area contributed by atoms with Crippen molar-refractivity contribution >= 4 is 44.9 Å². The van der Waals surface area contributed by atoms with Crippen LogP contribution in [-0.4, -0.2) is 28.6 Å². The second kappa shape index (κ2) is 5.21. The van der Waals surface area contributed by atoms with E-state index in [0.29, 0.717) is 5.95 Å². The minimum Gasteiger partial charge on any atom is -0.368 e. The fourth-order valence-corrected chi connectivity index (χ4v) is 4.09. The Morgan fingerprint density at radius 2 is 1.96 bits per heavy atom. The molecule has 0 radical (unpaired) electrons. The summed E-state index contributed by atoms with van der Waals surface area (Å²) in [6.45, 7) is 2.13. The van der Waals surface area contributed by atoms with Crippen LogP contribution in [0, 0.1) is 6.92 Å². The molecule has 122 valence electrons. The van der Waals surface area contributed by atoms with Crippen molar-refractivity contribution in [3.05, 3.63) is 35.3 Å². The van der Waals surface area contributed by atoms with Crippen molar-refractivity contribution in [2.45, 2.75) is 6.92 Å². The van der Waals surface area contributed by atoms with Gasteiger partial charge in [0.25, 0.3) is 0 Å². The largest absolute Gasteiger partial charge is 0.368 e. The number of thiophene rings is 1. The van der Waals surface area contributed by atoms with Gasteiger partial charge >= 0.3 is 0 Å². The van der Waals surface area contributed by atoms with Crippen LogP contribution < -0.4 is 10.6 Å². The van der Waals surface area contributed by atoms with E-state index in [9.17, 15) is 0 Å². The molecular weight excluding hydrogens is 318 g/mol. The number of aromatic nitrogens is 3. The highest BCUT2D eigenvalue weighted by atomic mass is 32.1. The summed E-state index contributed by atoms with van der Waals surface area (Å²) >= 11 is 1.79. The number of fused-ring (bicyclic) bond motifs is 3. The lowest BCUT2D eigenvalue weighted by atomic mass is 10.0. The molecule has 0 fully saturated rings. The molecular formula is C18H19N5S. The van der Waals surface area contributed by atoms with Gasteiger partial charge in [0.15, 0.2) is 0 Å². The molecule has 1 aromatic carbocycles. The Bertz CT molecular complexity index is 1070. The number of benzene rings is 1. The number of aryl methyl sites for hydroxylation is 2. The molecule has 0 amide bonds. The SMILES string of the molecule is Cc1ccc(-c2cc3nc(N)nc(N(C)C)c3c3ccn(C)c23)s1. The first-order valence-corrected chi connectivity index (χ1v) is 8.56. The first-order valence-electron chi connectivity index (χ1n) is 7.75. The summed E-state index contributed by atoms with van der Waals surface area (Å²) in [5.74, 6) is 1.15. The molecule has 0 unspecified atom stereocenters. The molecule has 0 saturated heterocycles. The number of hydrogen-bond acceptors (Lipinski definition) is 5. The molecule has 0 aliphatic carbocycles. The quantitative estimate of drug-likeness (QED) is 0.604. The van der Waals surface area contributed by atoms with Gasteiger partial charge in [0, 0.05) is 48.0 Å². The number of nitrogen functional groups attached to an aromatic ring is 1. The molecule has 3 aromatic heterocycles. The van der Waals surface area contributed by atoms with Gasteiger partial charge in [0.2, 0.25) is 5.95 Å². The van der Waals surface area contributed by atoms with Crippen LogP contribution in [0.4, 0.5) is 11.8 Å². The van der Waals surface area contributed by atoms with E-state index in [0.717, 1.165) is 22.1 Å². The molecule has 0 bridgehead atoms. The third-order valence-corrected chi connectivity index (χ3v) is 5.28. The average Bonchev–Trinajstić information content (AvgIpc) is 3.12. The first-order chi connectivity index (χ1) is 11.5. The lowest BCUT2D eigenvalue weighted by Gasteiger charge is -2.16. The second-order valence-corrected chi connectivity index (χ2v) is 7.51. The van der Waals surface area contributed by atoms with E-state index >= 15 is 0 Å². The number of nitrogens with zero attached hydrogens (tertiary/aromatic N) is 4. The van der Waals surface area contributed by atoms with Gasteiger partial charge in [-0.15, -0.1) is 11.3 Å². The van der Waals surface area contributed by atoms with Crippen molar-refractivity contribution in [1.82, 2.24) is 14.5 Å². The second-order valence-electron chi connectivity index (χ2n) is 6.22. The normalized spacial score (nSPS) is 11.5. The van der Waals surface area contributed by atoms with Crippen molar-refractivity contribution in [2.24, 2.45) is 7.05 Å². The summed E-state index contributed by atoms with van der Waals surface area (Å²) in [6.07, 6.45) is 2.09. The van der Waals surface area contributed by atoms with Gasteiger partial charge in [0.05, 0.1) is 16.4 Å². The van der Waals surface area contributed by atoms with Crippen molar-refractivity contribution in [1.29, 1.82) is 0 Å². The summed E-state index contributed by atoms with van der Waals surface area (Å²) in [4.78, 5) is 13.5. The van der Waals surface area contributed by atoms with Crippen LogP contribution in [0.25, 0.3) is 32.2 Å². The molecule has 3 heterocycles. The van der Waals surface area contributed by atoms with E-state index in [4.69, 9.17) is 5.73 Å². The minimum absolute atomic E-state index is 0.301. The van der Waals surface area contributed by atoms with Gasteiger partial charge in [-0.1, -0.05) is 0 Å². The molecule has 0 aliphatic heterocycles. The fraction of sp³-hybridized carbons (Fsp3) is 0.222. The summed E-state index contributed by atoms with van der Waals surface area (Å²) in [5, 5.41) is 2.20. The number of rotatable bonds is 2. The smallest absolute Gasteiger partial charge is 0.222 e. The molecule has 4 aromatic rings. The van der Waals surface area contributed by atoms with Gasteiger partial charge in [-0.3, -0.25) is 0 Å². The molecule has 0 saturated carbocycles. The van der Waals surface area contributed by atoms with Crippen LogP contribution in [-0.2, 0) is 7.05 Å². The fourth-order valence-electron chi connectivity index (χ4n) is 3.21. The Balaban J connectivity index is 2.20. The zero-order valence-electron chi connectivity index (χ0n) is 14.2. The third-order valence-electron chi connectivity index (χ3n) is 4.24. The summed E-state index contributed by atoms with van der Waals surface area (Å²) in [7, 11) is 6.03. The van der Waals surface area contributed by atoms with Crippen LogP contribution >= 0.6 is 11.3 Å². The van der Waals surface area contributed by atoms with Crippen molar-refractivity contribution in [3.63, 3.8) is 0 Å². The Morgan fingerprint density at radius 1 is 1.17 bits per heavy atom. The number of hydrogen-bond donors (Lipinski definition) is 1. The highest BCUT2D eigenvalue weighted by Crippen LogP contribution is 2.40. The van der Waals surface area contributed by atoms with E-state index in [1.165, 1.54) is 20.8 Å². The van der Waals surface area contributed by atoms with Crippen LogP contribution in [0.15, 0.2) is 30.5 Å². The molecule has 5 nitrogen and oxygen atoms in total. The van der Waals surface area contributed by atoms with Crippen LogP contribution in [0.5, 0.6) is 0 Å². The molecule has 2 N–H and O–H groups in total. The predicted octanol–water partition coefficient (Wildman–Crippen LogP) is 3.81. The van der Waals surface area contributed by atoms with Crippen LogP contribution in [0.1, 0.15) is 4.88 Å². The van der Waals surface area contributed by atoms with Crippen molar-refractivity contribution in [3.8, 4) is 10.4 Å². The van der Waals surface area contributed by atoms with E-state index in [2.05, 4.69) is 59.0 Å². The Morgan fingerprint density at radius 3 is 2.62 bits per heavy atom. The van der Waals surface area contributed by atoms with E-state index < -0.39 is 0 Å². The predicted molar refractivity (Wildman–Crippen MR) is 103 cm³/mol. The molecule has 6 heteroatoms. The monoisotopic (exact) mass is 337 g/mol. The Labute approximate surface area is 144 Å². The Hall–Kier alpha value is -2.60. The lowest BCUT2D eigenvalue weighted by molar-refractivity contribution is 0.970. The van der Waals surface area contributed by atoms with Gasteiger partial charge in [0.1, 0.15) is 5.82 Å². The molecule has 4 rings (SSSR count). The Kier molecular flexibility index (Phi) is 3.25. The van der Waals surface area contributed by atoms with E-state index in [1.54, 1.807) is 11.3 Å². The van der Waals surface area contributed by atoms with Gasteiger partial charge < -0.3 is 15.2 Å². The number of nitrogens with two attached hydrogens (primary N) is 1. The van der Waals surface area contributed by atoms with E-state index in [1.807, 2.05) is 19.0 Å². The van der Waals surface area contributed by atoms with Crippen LogP contribution in [0.3, 0.4) is 0 Å². The van der Waals surface area contributed by atoms with Gasteiger partial charge in [-0.25, -0.2) is 4.98 Å². The summed E-state index contributed by atoms with van der Waals surface area (Å²) < 4.78 is 2.16. The van der Waals surface area contributed by atoms with Crippen molar-refractivity contribution < 1.29 is 0 Å². The molecule has 0 spiro atoms. The zero-order chi connectivity index (χ0) is 17.0. The maximum absolute atomic E-state index is 5.95. The molecule has 0 atom stereocenters. The maximum Gasteiger partial charge on any atom is 0.222 e. The highest BCUT2D eigenvalue weighted by molar-refractivity contribution is 7.15. The lowest BCUT2D eigenvalue weighted by Crippen LogP contribution is -2.13. The number of anilines is 2. The summed E-state index contributed by atoms with van der Waals surface area (Å²) in [6, 6.07) is 8.59. The first kappa shape index (κ1) is 15.0. The van der Waals surface area contributed by atoms with Crippen molar-refractivity contribution in [2.75, 3.05) is 24.7 Å². The third kappa shape index (κ3) is 2.14.